The van der Waals surface area contributed by atoms with Crippen molar-refractivity contribution in [3.05, 3.63) is 23.8 Å². The van der Waals surface area contributed by atoms with E-state index in [9.17, 15) is 9.59 Å². The lowest BCUT2D eigenvalue weighted by Gasteiger charge is -2.22. The van der Waals surface area contributed by atoms with E-state index in [2.05, 4.69) is 16.0 Å². The lowest BCUT2D eigenvalue weighted by molar-refractivity contribution is -0.117. The third kappa shape index (κ3) is 4.86. The molecule has 2 rings (SSSR count). The van der Waals surface area contributed by atoms with Gasteiger partial charge in [0.05, 0.1) is 0 Å². The van der Waals surface area contributed by atoms with Crippen LogP contribution in [-0.2, 0) is 9.59 Å². The van der Waals surface area contributed by atoms with Gasteiger partial charge in [-0.1, -0.05) is 6.07 Å². The second-order valence-electron chi connectivity index (χ2n) is 5.68. The van der Waals surface area contributed by atoms with Crippen molar-refractivity contribution in [2.24, 2.45) is 5.92 Å². The zero-order valence-corrected chi connectivity index (χ0v) is 12.7. The van der Waals surface area contributed by atoms with Crippen LogP contribution in [0.25, 0.3) is 0 Å². The average Bonchev–Trinajstić information content (AvgIpc) is 2.43. The molecule has 0 aliphatic carbocycles. The maximum absolute atomic E-state index is 12.1. The number of carbonyl (C=O) groups is 2. The molecule has 1 aromatic rings. The number of hydrogen-bond donors (Lipinski definition) is 3. The van der Waals surface area contributed by atoms with Crippen LogP contribution in [0.3, 0.4) is 0 Å². The van der Waals surface area contributed by atoms with E-state index in [1.165, 1.54) is 6.92 Å². The molecule has 5 nitrogen and oxygen atoms in total. The summed E-state index contributed by atoms with van der Waals surface area (Å²) in [7, 11) is 0. The fourth-order valence-electron chi connectivity index (χ4n) is 2.60. The van der Waals surface area contributed by atoms with Crippen molar-refractivity contribution in [2.75, 3.05) is 23.7 Å². The average molecular weight is 289 g/mol. The number of aryl methyl sites for hydroxylation is 1. The summed E-state index contributed by atoms with van der Waals surface area (Å²) < 4.78 is 0. The van der Waals surface area contributed by atoms with Gasteiger partial charge in [-0.3, -0.25) is 9.59 Å². The zero-order chi connectivity index (χ0) is 15.2. The van der Waals surface area contributed by atoms with E-state index in [0.29, 0.717) is 18.0 Å². The van der Waals surface area contributed by atoms with Gasteiger partial charge in [-0.25, -0.2) is 0 Å². The van der Waals surface area contributed by atoms with Gasteiger partial charge < -0.3 is 16.0 Å². The molecule has 0 radical (unpaired) electrons. The smallest absolute Gasteiger partial charge is 0.224 e. The maximum atomic E-state index is 12.1. The molecule has 0 aromatic heterocycles. The Morgan fingerprint density at radius 2 is 2.14 bits per heavy atom. The quantitative estimate of drug-likeness (QED) is 0.796. The molecular weight excluding hydrogens is 266 g/mol. The lowest BCUT2D eigenvalue weighted by Crippen LogP contribution is -2.32. The van der Waals surface area contributed by atoms with E-state index >= 15 is 0 Å². The van der Waals surface area contributed by atoms with Crippen molar-refractivity contribution in [1.82, 2.24) is 5.32 Å². The summed E-state index contributed by atoms with van der Waals surface area (Å²) in [6.07, 6.45) is 2.77. The van der Waals surface area contributed by atoms with Gasteiger partial charge >= 0.3 is 0 Å². The molecule has 21 heavy (non-hydrogen) atoms. The molecule has 114 valence electrons. The van der Waals surface area contributed by atoms with Crippen molar-refractivity contribution in [3.63, 3.8) is 0 Å². The van der Waals surface area contributed by atoms with Crippen LogP contribution in [0, 0.1) is 12.8 Å². The second kappa shape index (κ2) is 7.22. The van der Waals surface area contributed by atoms with Crippen LogP contribution in [0.15, 0.2) is 18.2 Å². The number of rotatable bonds is 4. The first-order valence-electron chi connectivity index (χ1n) is 7.43. The summed E-state index contributed by atoms with van der Waals surface area (Å²) in [5, 5.41) is 9.00. The van der Waals surface area contributed by atoms with Crippen LogP contribution in [0.2, 0.25) is 0 Å². The number of amides is 2. The Morgan fingerprint density at radius 3 is 2.81 bits per heavy atom. The van der Waals surface area contributed by atoms with Gasteiger partial charge in [0.2, 0.25) is 11.8 Å². The topological polar surface area (TPSA) is 70.2 Å². The molecular formula is C16H23N3O2. The molecule has 1 unspecified atom stereocenters. The normalized spacial score (nSPS) is 18.1. The summed E-state index contributed by atoms with van der Waals surface area (Å²) in [5.41, 5.74) is 2.44. The van der Waals surface area contributed by atoms with Gasteiger partial charge in [-0.15, -0.1) is 0 Å². The minimum atomic E-state index is -0.121. The minimum absolute atomic E-state index is 0.0341. The molecule has 0 saturated carbocycles. The summed E-state index contributed by atoms with van der Waals surface area (Å²) in [6.45, 7) is 5.37. The number of benzene rings is 1. The molecule has 1 aliphatic heterocycles. The van der Waals surface area contributed by atoms with E-state index in [1.807, 2.05) is 19.1 Å². The Morgan fingerprint density at radius 1 is 1.33 bits per heavy atom. The second-order valence-corrected chi connectivity index (χ2v) is 5.68. The van der Waals surface area contributed by atoms with Crippen LogP contribution >= 0.6 is 0 Å². The van der Waals surface area contributed by atoms with Gasteiger partial charge in [0.25, 0.3) is 0 Å². The van der Waals surface area contributed by atoms with E-state index in [1.54, 1.807) is 6.07 Å². The maximum Gasteiger partial charge on any atom is 0.224 e. The predicted octanol–water partition coefficient (Wildman–Crippen LogP) is 2.28. The van der Waals surface area contributed by atoms with Crippen molar-refractivity contribution in [1.29, 1.82) is 0 Å². The first kappa shape index (κ1) is 15.5. The first-order valence-corrected chi connectivity index (χ1v) is 7.43. The molecule has 1 atom stereocenters. The van der Waals surface area contributed by atoms with E-state index < -0.39 is 0 Å². The van der Waals surface area contributed by atoms with Crippen LogP contribution in [-0.4, -0.2) is 24.9 Å². The van der Waals surface area contributed by atoms with Crippen LogP contribution in [0.5, 0.6) is 0 Å². The van der Waals surface area contributed by atoms with E-state index in [4.69, 9.17) is 0 Å². The highest BCUT2D eigenvalue weighted by Crippen LogP contribution is 2.22. The van der Waals surface area contributed by atoms with Crippen LogP contribution in [0.4, 0.5) is 11.4 Å². The highest BCUT2D eigenvalue weighted by atomic mass is 16.2. The molecule has 1 saturated heterocycles. The molecule has 5 heteroatoms. The fourth-order valence-corrected chi connectivity index (χ4v) is 2.60. The van der Waals surface area contributed by atoms with Gasteiger partial charge in [0.15, 0.2) is 0 Å². The molecule has 0 spiro atoms. The van der Waals surface area contributed by atoms with Gasteiger partial charge in [-0.05, 0) is 56.5 Å². The number of anilines is 2. The third-order valence-corrected chi connectivity index (χ3v) is 3.71. The summed E-state index contributed by atoms with van der Waals surface area (Å²) in [5.74, 6) is 0.328. The van der Waals surface area contributed by atoms with Crippen LogP contribution in [0.1, 0.15) is 31.7 Å². The minimum Gasteiger partial charge on any atom is -0.326 e. The molecule has 2 amide bonds. The largest absolute Gasteiger partial charge is 0.326 e. The SMILES string of the molecule is CC(=O)Nc1ccc(C)c(NC(=O)CC2CCCNC2)c1. The van der Waals surface area contributed by atoms with E-state index in [-0.39, 0.29) is 11.8 Å². The molecule has 1 aliphatic rings. The number of hydrogen-bond acceptors (Lipinski definition) is 3. The number of carbonyl (C=O) groups excluding carboxylic acids is 2. The Hall–Kier alpha value is -1.88. The summed E-state index contributed by atoms with van der Waals surface area (Å²) in [4.78, 5) is 23.2. The molecule has 1 heterocycles. The third-order valence-electron chi connectivity index (χ3n) is 3.71. The number of piperidine rings is 1. The van der Waals surface area contributed by atoms with Crippen molar-refractivity contribution < 1.29 is 9.59 Å². The van der Waals surface area contributed by atoms with Crippen LogP contribution < -0.4 is 16.0 Å². The van der Waals surface area contributed by atoms with Crippen molar-refractivity contribution in [3.8, 4) is 0 Å². The predicted molar refractivity (Wildman–Crippen MR) is 84.3 cm³/mol. The Labute approximate surface area is 125 Å². The van der Waals surface area contributed by atoms with Crippen molar-refractivity contribution in [2.45, 2.75) is 33.1 Å². The first-order chi connectivity index (χ1) is 10.0. The Bertz CT molecular complexity index is 522. The molecule has 1 aromatic carbocycles. The molecule has 0 bridgehead atoms. The lowest BCUT2D eigenvalue weighted by atomic mass is 9.96. The monoisotopic (exact) mass is 289 g/mol. The highest BCUT2D eigenvalue weighted by molar-refractivity contribution is 5.94. The molecule has 1 fully saturated rings. The Balaban J connectivity index is 1.97. The van der Waals surface area contributed by atoms with Gasteiger partial charge in [0.1, 0.15) is 0 Å². The standard InChI is InChI=1S/C16H23N3O2/c1-11-5-6-14(18-12(2)20)9-15(11)19-16(21)8-13-4-3-7-17-10-13/h5-6,9,13,17H,3-4,7-8,10H2,1-2H3,(H,18,20)(H,19,21). The zero-order valence-electron chi connectivity index (χ0n) is 12.7. The molecule has 3 N–H and O–H groups in total. The van der Waals surface area contributed by atoms with Crippen molar-refractivity contribution >= 4 is 23.2 Å². The van der Waals surface area contributed by atoms with Gasteiger partial charge in [0, 0.05) is 24.7 Å². The highest BCUT2D eigenvalue weighted by Gasteiger charge is 2.17. The summed E-state index contributed by atoms with van der Waals surface area (Å²) >= 11 is 0. The van der Waals surface area contributed by atoms with Gasteiger partial charge in [-0.2, -0.15) is 0 Å². The Kier molecular flexibility index (Phi) is 5.33. The summed E-state index contributed by atoms with van der Waals surface area (Å²) in [6, 6.07) is 5.52. The number of nitrogens with one attached hydrogen (secondary N) is 3. The fraction of sp³-hybridized carbons (Fsp3) is 0.500. The van der Waals surface area contributed by atoms with E-state index in [0.717, 1.165) is 37.2 Å².